The Hall–Kier alpha value is -3.41. The summed E-state index contributed by atoms with van der Waals surface area (Å²) in [5, 5.41) is 6.11. The first kappa shape index (κ1) is 18.9. The number of nitrogens with zero attached hydrogens (tertiary/aromatic N) is 3. The molecule has 6 nitrogen and oxygen atoms in total. The third kappa shape index (κ3) is 4.90. The minimum absolute atomic E-state index is 0.236. The van der Waals surface area contributed by atoms with Gasteiger partial charge in [-0.1, -0.05) is 29.8 Å². The van der Waals surface area contributed by atoms with Crippen LogP contribution in [0.5, 0.6) is 0 Å². The molecule has 0 unspecified atom stereocenters. The lowest BCUT2D eigenvalue weighted by molar-refractivity contribution is 0.0945. The average Bonchev–Trinajstić information content (AvgIpc) is 3.28. The number of anilines is 3. The molecule has 1 aromatic heterocycles. The zero-order chi connectivity index (χ0) is 20.1. The highest BCUT2D eigenvalue weighted by atomic mass is 16.1. The Morgan fingerprint density at radius 3 is 2.52 bits per heavy atom. The Morgan fingerprint density at radius 1 is 1.03 bits per heavy atom. The van der Waals surface area contributed by atoms with E-state index >= 15 is 0 Å². The zero-order valence-electron chi connectivity index (χ0n) is 16.6. The normalized spacial score (nSPS) is 13.3. The predicted molar refractivity (Wildman–Crippen MR) is 116 cm³/mol. The van der Waals surface area contributed by atoms with Crippen LogP contribution in [0.3, 0.4) is 0 Å². The van der Waals surface area contributed by atoms with Gasteiger partial charge in [0.1, 0.15) is 11.5 Å². The molecule has 2 heterocycles. The van der Waals surface area contributed by atoms with Gasteiger partial charge in [0.15, 0.2) is 0 Å². The minimum atomic E-state index is -0.236. The second kappa shape index (κ2) is 8.73. The number of hydrogen-bond donors (Lipinski definition) is 2. The lowest BCUT2D eigenvalue weighted by Gasteiger charge is -2.17. The maximum Gasteiger partial charge on any atom is 0.271 e. The van der Waals surface area contributed by atoms with Crippen LogP contribution in [-0.4, -0.2) is 29.0 Å². The van der Waals surface area contributed by atoms with Crippen LogP contribution >= 0.6 is 0 Å². The van der Waals surface area contributed by atoms with Crippen LogP contribution in [0.4, 0.5) is 17.2 Å². The zero-order valence-corrected chi connectivity index (χ0v) is 16.6. The smallest absolute Gasteiger partial charge is 0.271 e. The third-order valence-corrected chi connectivity index (χ3v) is 5.03. The Bertz CT molecular complexity index is 963. The van der Waals surface area contributed by atoms with Gasteiger partial charge < -0.3 is 15.5 Å². The average molecular weight is 387 g/mol. The number of amides is 1. The summed E-state index contributed by atoms with van der Waals surface area (Å²) in [6.07, 6.45) is 5.60. The van der Waals surface area contributed by atoms with Crippen LogP contribution in [0.25, 0.3) is 0 Å². The van der Waals surface area contributed by atoms with Gasteiger partial charge in [-0.3, -0.25) is 4.79 Å². The lowest BCUT2D eigenvalue weighted by atomic mass is 10.1. The molecule has 6 heteroatoms. The van der Waals surface area contributed by atoms with Gasteiger partial charge >= 0.3 is 0 Å². The highest BCUT2D eigenvalue weighted by Crippen LogP contribution is 2.23. The van der Waals surface area contributed by atoms with Crippen molar-refractivity contribution in [2.75, 3.05) is 23.3 Å². The molecule has 1 saturated heterocycles. The van der Waals surface area contributed by atoms with Gasteiger partial charge in [-0.2, -0.15) is 0 Å². The van der Waals surface area contributed by atoms with E-state index < -0.39 is 0 Å². The summed E-state index contributed by atoms with van der Waals surface area (Å²) in [5.74, 6) is 0.370. The number of carbonyl (C=O) groups is 1. The van der Waals surface area contributed by atoms with E-state index in [4.69, 9.17) is 0 Å². The van der Waals surface area contributed by atoms with Gasteiger partial charge in [-0.25, -0.2) is 9.97 Å². The summed E-state index contributed by atoms with van der Waals surface area (Å²) >= 11 is 0. The standard InChI is InChI=1S/C23H25N5O/c1-17-5-4-6-18(13-17)14-26-23(29)21-15-25-22(16-24-21)27-19-7-9-20(10-8-19)28-11-2-3-12-28/h4-10,13,15-16H,2-3,11-12,14H2,1H3,(H,25,27)(H,26,29). The number of hydrogen-bond acceptors (Lipinski definition) is 5. The maximum absolute atomic E-state index is 12.3. The van der Waals surface area contributed by atoms with E-state index in [9.17, 15) is 4.79 Å². The molecule has 2 aromatic carbocycles. The number of aromatic nitrogens is 2. The van der Waals surface area contributed by atoms with Crippen molar-refractivity contribution in [3.05, 3.63) is 77.7 Å². The monoisotopic (exact) mass is 387 g/mol. The first-order valence-electron chi connectivity index (χ1n) is 9.95. The fraction of sp³-hybridized carbons (Fsp3) is 0.261. The summed E-state index contributed by atoms with van der Waals surface area (Å²) in [5.41, 5.74) is 4.72. The van der Waals surface area contributed by atoms with Crippen molar-refractivity contribution in [3.63, 3.8) is 0 Å². The topological polar surface area (TPSA) is 70.2 Å². The molecular formula is C23H25N5O. The molecule has 2 N–H and O–H groups in total. The summed E-state index contributed by atoms with van der Waals surface area (Å²) in [6.45, 7) is 4.76. The molecule has 148 valence electrons. The number of benzene rings is 2. The number of carbonyl (C=O) groups excluding carboxylic acids is 1. The third-order valence-electron chi connectivity index (χ3n) is 5.03. The van der Waals surface area contributed by atoms with Crippen molar-refractivity contribution in [2.24, 2.45) is 0 Å². The molecule has 1 aliphatic rings. The van der Waals surface area contributed by atoms with E-state index in [1.807, 2.05) is 43.3 Å². The van der Waals surface area contributed by atoms with Gasteiger partial charge in [0.2, 0.25) is 0 Å². The van der Waals surface area contributed by atoms with E-state index in [1.165, 1.54) is 30.3 Å². The van der Waals surface area contributed by atoms with Crippen LogP contribution in [-0.2, 0) is 6.54 Å². The molecule has 1 fully saturated rings. The molecule has 29 heavy (non-hydrogen) atoms. The molecule has 0 saturated carbocycles. The van der Waals surface area contributed by atoms with Gasteiger partial charge in [-0.15, -0.1) is 0 Å². The van der Waals surface area contributed by atoms with Crippen LogP contribution in [0.15, 0.2) is 60.9 Å². The van der Waals surface area contributed by atoms with Crippen LogP contribution in [0.1, 0.15) is 34.5 Å². The molecular weight excluding hydrogens is 362 g/mol. The van der Waals surface area contributed by atoms with Crippen LogP contribution in [0, 0.1) is 6.92 Å². The van der Waals surface area contributed by atoms with Crippen molar-refractivity contribution < 1.29 is 4.79 Å². The van der Waals surface area contributed by atoms with Crippen molar-refractivity contribution in [1.82, 2.24) is 15.3 Å². The first-order chi connectivity index (χ1) is 14.2. The fourth-order valence-corrected chi connectivity index (χ4v) is 3.48. The highest BCUT2D eigenvalue weighted by molar-refractivity contribution is 5.92. The molecule has 4 rings (SSSR count). The van der Waals surface area contributed by atoms with Gasteiger partial charge in [0.25, 0.3) is 5.91 Å². The predicted octanol–water partition coefficient (Wildman–Crippen LogP) is 4.06. The van der Waals surface area contributed by atoms with Gasteiger partial charge in [0.05, 0.1) is 12.4 Å². The largest absolute Gasteiger partial charge is 0.372 e. The Balaban J connectivity index is 1.33. The second-order valence-corrected chi connectivity index (χ2v) is 7.32. The van der Waals surface area contributed by atoms with Gasteiger partial charge in [0, 0.05) is 31.0 Å². The van der Waals surface area contributed by atoms with E-state index in [2.05, 4.69) is 37.6 Å². The summed E-state index contributed by atoms with van der Waals surface area (Å²) in [6, 6.07) is 16.4. The maximum atomic E-state index is 12.3. The summed E-state index contributed by atoms with van der Waals surface area (Å²) in [7, 11) is 0. The highest BCUT2D eigenvalue weighted by Gasteiger charge is 2.12. The molecule has 1 amide bonds. The van der Waals surface area contributed by atoms with Crippen molar-refractivity contribution in [3.8, 4) is 0 Å². The van der Waals surface area contributed by atoms with Crippen molar-refractivity contribution in [2.45, 2.75) is 26.3 Å². The molecule has 1 aliphatic heterocycles. The van der Waals surface area contributed by atoms with E-state index in [1.54, 1.807) is 6.20 Å². The molecule has 0 spiro atoms. The number of rotatable bonds is 6. The van der Waals surface area contributed by atoms with Crippen molar-refractivity contribution in [1.29, 1.82) is 0 Å². The second-order valence-electron chi connectivity index (χ2n) is 7.32. The molecule has 0 atom stereocenters. The summed E-state index contributed by atoms with van der Waals surface area (Å²) in [4.78, 5) is 23.3. The minimum Gasteiger partial charge on any atom is -0.372 e. The quantitative estimate of drug-likeness (QED) is 0.667. The fourth-order valence-electron chi connectivity index (χ4n) is 3.48. The lowest BCUT2D eigenvalue weighted by Crippen LogP contribution is -2.24. The van der Waals surface area contributed by atoms with E-state index in [0.717, 1.165) is 24.3 Å². The number of aryl methyl sites for hydroxylation is 1. The number of nitrogens with one attached hydrogen (secondary N) is 2. The Morgan fingerprint density at radius 2 is 1.83 bits per heavy atom. The molecule has 3 aromatic rings. The van der Waals surface area contributed by atoms with Crippen molar-refractivity contribution >= 4 is 23.1 Å². The van der Waals surface area contributed by atoms with Crippen LogP contribution in [0.2, 0.25) is 0 Å². The van der Waals surface area contributed by atoms with E-state index in [-0.39, 0.29) is 5.91 Å². The van der Waals surface area contributed by atoms with Gasteiger partial charge in [-0.05, 0) is 49.6 Å². The van der Waals surface area contributed by atoms with Crippen LogP contribution < -0.4 is 15.5 Å². The first-order valence-corrected chi connectivity index (χ1v) is 9.95. The Labute approximate surface area is 171 Å². The van der Waals surface area contributed by atoms with E-state index in [0.29, 0.717) is 18.1 Å². The Kier molecular flexibility index (Phi) is 5.70. The summed E-state index contributed by atoms with van der Waals surface area (Å²) < 4.78 is 0. The molecule has 0 radical (unpaired) electrons. The SMILES string of the molecule is Cc1cccc(CNC(=O)c2cnc(Nc3ccc(N4CCCC4)cc3)cn2)c1. The molecule has 0 bridgehead atoms. The molecule has 0 aliphatic carbocycles.